The van der Waals surface area contributed by atoms with Crippen molar-refractivity contribution in [2.24, 2.45) is 0 Å². The molecule has 1 N–H and O–H groups in total. The fourth-order valence-electron chi connectivity index (χ4n) is 3.82. The van der Waals surface area contributed by atoms with Gasteiger partial charge in [-0.05, 0) is 37.3 Å². The highest BCUT2D eigenvalue weighted by Gasteiger charge is 2.18. The van der Waals surface area contributed by atoms with Gasteiger partial charge in [0, 0.05) is 53.7 Å². The van der Waals surface area contributed by atoms with Crippen LogP contribution in [0.25, 0.3) is 10.9 Å². The molecule has 2 heterocycles. The summed E-state index contributed by atoms with van der Waals surface area (Å²) in [6, 6.07) is 15.3. The molecule has 4 rings (SSSR count). The van der Waals surface area contributed by atoms with Crippen molar-refractivity contribution in [2.45, 2.75) is 18.4 Å². The van der Waals surface area contributed by atoms with Crippen LogP contribution < -0.4 is 10.1 Å². The van der Waals surface area contributed by atoms with E-state index in [0.29, 0.717) is 57.3 Å². The van der Waals surface area contributed by atoms with E-state index in [4.69, 9.17) is 9.47 Å². The molecule has 0 unspecified atom stereocenters. The summed E-state index contributed by atoms with van der Waals surface area (Å²) in [6.45, 7) is 6.21. The normalized spacial score (nSPS) is 13.8. The average molecular weight is 468 g/mol. The fraction of sp³-hybridized carbons (Fsp3) is 0.360. The fourth-order valence-corrected chi connectivity index (χ4v) is 4.81. The predicted molar refractivity (Wildman–Crippen MR) is 130 cm³/mol. The maximum atomic E-state index is 12.5. The van der Waals surface area contributed by atoms with Crippen LogP contribution in [-0.2, 0) is 16.1 Å². The zero-order valence-electron chi connectivity index (χ0n) is 18.8. The molecule has 7 nitrogen and oxygen atoms in total. The van der Waals surface area contributed by atoms with Gasteiger partial charge in [0.15, 0.2) is 0 Å². The molecule has 33 heavy (non-hydrogen) atoms. The molecule has 3 aromatic rings. The third-order valence-electron chi connectivity index (χ3n) is 5.53. The lowest BCUT2D eigenvalue weighted by Gasteiger charge is -2.26. The summed E-state index contributed by atoms with van der Waals surface area (Å²) in [4.78, 5) is 28.0. The summed E-state index contributed by atoms with van der Waals surface area (Å²) in [5.41, 5.74) is 1.70. The molecule has 1 fully saturated rings. The summed E-state index contributed by atoms with van der Waals surface area (Å²) in [7, 11) is 0. The molecule has 8 heteroatoms. The first-order chi connectivity index (χ1) is 16.2. The molecule has 1 aliphatic heterocycles. The topological polar surface area (TPSA) is 72.8 Å². The van der Waals surface area contributed by atoms with Crippen LogP contribution in [0.1, 0.15) is 17.3 Å². The Balaban J connectivity index is 1.35. The first kappa shape index (κ1) is 23.2. The minimum absolute atomic E-state index is 0.111. The number of carbonyl (C=O) groups excluding carboxylic acids is 2. The Hall–Kier alpha value is -2.97. The third-order valence-corrected chi connectivity index (χ3v) is 6.56. The van der Waals surface area contributed by atoms with Gasteiger partial charge in [0.2, 0.25) is 5.91 Å². The highest BCUT2D eigenvalue weighted by molar-refractivity contribution is 8.00. The van der Waals surface area contributed by atoms with Gasteiger partial charge in [0.25, 0.3) is 5.91 Å². The molecule has 2 amide bonds. The molecule has 0 radical (unpaired) electrons. The number of carbonyl (C=O) groups is 2. The highest BCUT2D eigenvalue weighted by Crippen LogP contribution is 2.30. The van der Waals surface area contributed by atoms with Crippen LogP contribution in [0.15, 0.2) is 59.6 Å². The second kappa shape index (κ2) is 11.2. The summed E-state index contributed by atoms with van der Waals surface area (Å²) in [6.07, 6.45) is 2.07. The number of para-hydroxylation sites is 1. The van der Waals surface area contributed by atoms with E-state index in [0.717, 1.165) is 21.5 Å². The van der Waals surface area contributed by atoms with Gasteiger partial charge in [-0.15, -0.1) is 11.8 Å². The summed E-state index contributed by atoms with van der Waals surface area (Å²) in [5, 5.41) is 4.11. The van der Waals surface area contributed by atoms with E-state index in [-0.39, 0.29) is 11.8 Å². The van der Waals surface area contributed by atoms with Crippen molar-refractivity contribution < 1.29 is 19.1 Å². The second-order valence-electron chi connectivity index (χ2n) is 7.70. The molecule has 0 aliphatic carbocycles. The molecule has 0 bridgehead atoms. The van der Waals surface area contributed by atoms with Crippen molar-refractivity contribution in [3.8, 4) is 5.75 Å². The van der Waals surface area contributed by atoms with E-state index in [9.17, 15) is 9.59 Å². The summed E-state index contributed by atoms with van der Waals surface area (Å²) >= 11 is 1.56. The number of thioether (sulfide) groups is 1. The zero-order chi connectivity index (χ0) is 23.0. The number of aromatic nitrogens is 1. The van der Waals surface area contributed by atoms with Gasteiger partial charge in [0.1, 0.15) is 5.75 Å². The van der Waals surface area contributed by atoms with Crippen LogP contribution >= 0.6 is 11.8 Å². The number of rotatable bonds is 9. The Morgan fingerprint density at radius 1 is 1.09 bits per heavy atom. The number of hydrogen-bond acceptors (Lipinski definition) is 5. The van der Waals surface area contributed by atoms with Crippen LogP contribution in [0.3, 0.4) is 0 Å². The van der Waals surface area contributed by atoms with Crippen molar-refractivity contribution in [1.82, 2.24) is 14.8 Å². The molecular weight excluding hydrogens is 438 g/mol. The van der Waals surface area contributed by atoms with Crippen molar-refractivity contribution in [3.05, 3.63) is 60.3 Å². The Labute approximate surface area is 198 Å². The van der Waals surface area contributed by atoms with E-state index in [1.165, 1.54) is 0 Å². The summed E-state index contributed by atoms with van der Waals surface area (Å²) in [5.74, 6) is 1.19. The average Bonchev–Trinajstić information content (AvgIpc) is 3.21. The lowest BCUT2D eigenvalue weighted by molar-refractivity contribution is -0.132. The molecule has 0 atom stereocenters. The largest absolute Gasteiger partial charge is 0.494 e. The molecule has 1 aromatic heterocycles. The van der Waals surface area contributed by atoms with Gasteiger partial charge in [-0.25, -0.2) is 0 Å². The molecule has 0 saturated carbocycles. The van der Waals surface area contributed by atoms with Gasteiger partial charge in [-0.2, -0.15) is 0 Å². The quantitative estimate of drug-likeness (QED) is 0.488. The Morgan fingerprint density at radius 3 is 2.61 bits per heavy atom. The number of morpholine rings is 1. The number of benzene rings is 2. The second-order valence-corrected chi connectivity index (χ2v) is 8.72. The molecule has 1 saturated heterocycles. The van der Waals surface area contributed by atoms with E-state index < -0.39 is 0 Å². The minimum Gasteiger partial charge on any atom is -0.494 e. The predicted octanol–water partition coefficient (Wildman–Crippen LogP) is 3.42. The molecule has 2 aromatic carbocycles. The Morgan fingerprint density at radius 2 is 1.85 bits per heavy atom. The lowest BCUT2D eigenvalue weighted by Crippen LogP contribution is -2.41. The third kappa shape index (κ3) is 5.89. The van der Waals surface area contributed by atoms with E-state index in [1.807, 2.05) is 24.0 Å². The van der Waals surface area contributed by atoms with Crippen molar-refractivity contribution in [2.75, 3.05) is 45.2 Å². The molecular formula is C25H29N3O4S. The van der Waals surface area contributed by atoms with Gasteiger partial charge in [0.05, 0.1) is 25.6 Å². The first-order valence-electron chi connectivity index (χ1n) is 11.2. The maximum absolute atomic E-state index is 12.5. The molecule has 174 valence electrons. The summed E-state index contributed by atoms with van der Waals surface area (Å²) < 4.78 is 12.9. The standard InChI is InChI=1S/C25H29N3O4S/c1-2-32-20-9-7-19(8-10-20)25(30)26-11-12-28-17-23(21-5-3-4-6-22(21)28)33-18-24(29)27-13-15-31-16-14-27/h3-10,17H,2,11-16,18H2,1H3,(H,26,30). The highest BCUT2D eigenvalue weighted by atomic mass is 32.2. The van der Waals surface area contributed by atoms with Crippen molar-refractivity contribution in [3.63, 3.8) is 0 Å². The van der Waals surface area contributed by atoms with E-state index in [1.54, 1.807) is 36.0 Å². The Bertz CT molecular complexity index is 1090. The van der Waals surface area contributed by atoms with Gasteiger partial charge < -0.3 is 24.3 Å². The zero-order valence-corrected chi connectivity index (χ0v) is 19.6. The van der Waals surface area contributed by atoms with Gasteiger partial charge in [-0.3, -0.25) is 9.59 Å². The number of nitrogens with zero attached hydrogens (tertiary/aromatic N) is 2. The van der Waals surface area contributed by atoms with Crippen LogP contribution in [0.2, 0.25) is 0 Å². The van der Waals surface area contributed by atoms with Crippen LogP contribution in [0, 0.1) is 0 Å². The van der Waals surface area contributed by atoms with E-state index in [2.05, 4.69) is 28.2 Å². The van der Waals surface area contributed by atoms with Crippen molar-refractivity contribution >= 4 is 34.5 Å². The van der Waals surface area contributed by atoms with Crippen LogP contribution in [0.4, 0.5) is 0 Å². The number of nitrogens with one attached hydrogen (secondary N) is 1. The van der Waals surface area contributed by atoms with E-state index >= 15 is 0 Å². The molecule has 0 spiro atoms. The number of amides is 2. The van der Waals surface area contributed by atoms with Gasteiger partial charge in [-0.1, -0.05) is 18.2 Å². The van der Waals surface area contributed by atoms with Gasteiger partial charge >= 0.3 is 0 Å². The smallest absolute Gasteiger partial charge is 0.251 e. The maximum Gasteiger partial charge on any atom is 0.251 e. The minimum atomic E-state index is -0.111. The number of ether oxygens (including phenoxy) is 2. The number of hydrogen-bond donors (Lipinski definition) is 1. The van der Waals surface area contributed by atoms with Crippen molar-refractivity contribution in [1.29, 1.82) is 0 Å². The SMILES string of the molecule is CCOc1ccc(C(=O)NCCn2cc(SCC(=O)N3CCOCC3)c3ccccc32)cc1. The lowest BCUT2D eigenvalue weighted by atomic mass is 10.2. The molecule has 1 aliphatic rings. The number of fused-ring (bicyclic) bond motifs is 1. The monoisotopic (exact) mass is 467 g/mol. The van der Waals surface area contributed by atoms with Crippen LogP contribution in [0.5, 0.6) is 5.75 Å². The first-order valence-corrected chi connectivity index (χ1v) is 12.2. The van der Waals surface area contributed by atoms with Crippen LogP contribution in [-0.4, -0.2) is 66.5 Å². The Kier molecular flexibility index (Phi) is 7.91.